The Balaban J connectivity index is 2.40. The molecule has 1 aliphatic heterocycles. The number of ether oxygens (including phenoxy) is 2. The van der Waals surface area contributed by atoms with E-state index in [0.717, 1.165) is 0 Å². The molecule has 1 saturated heterocycles. The average molecular weight is 258 g/mol. The molecule has 1 unspecified atom stereocenters. The summed E-state index contributed by atoms with van der Waals surface area (Å²) in [7, 11) is 0. The summed E-state index contributed by atoms with van der Waals surface area (Å²) in [5.74, 6) is -0.971. The van der Waals surface area contributed by atoms with Gasteiger partial charge in [-0.1, -0.05) is 12.7 Å². The number of alkyl carbamates (subject to hydrolysis) is 1. The fourth-order valence-corrected chi connectivity index (χ4v) is 1.63. The molecule has 0 aromatic rings. The second-order valence-corrected chi connectivity index (χ2v) is 3.77. The van der Waals surface area contributed by atoms with E-state index in [1.165, 1.54) is 6.08 Å². The summed E-state index contributed by atoms with van der Waals surface area (Å²) in [6, 6.07) is -0.759. The second-order valence-electron chi connectivity index (χ2n) is 3.77. The molecule has 102 valence electrons. The normalized spacial score (nSPS) is 17.8. The summed E-state index contributed by atoms with van der Waals surface area (Å²) < 4.78 is 9.86. The van der Waals surface area contributed by atoms with Crippen molar-refractivity contribution in [2.75, 3.05) is 39.5 Å². The van der Waals surface area contributed by atoms with Crippen LogP contribution in [0.2, 0.25) is 0 Å². The number of morpholine rings is 1. The van der Waals surface area contributed by atoms with Crippen LogP contribution in [0.5, 0.6) is 0 Å². The molecule has 2 N–H and O–H groups in total. The second kappa shape index (κ2) is 7.67. The maximum absolute atomic E-state index is 11.2. The first-order valence-electron chi connectivity index (χ1n) is 5.71. The minimum absolute atomic E-state index is 0.00527. The number of amides is 1. The van der Waals surface area contributed by atoms with Gasteiger partial charge in [-0.3, -0.25) is 9.69 Å². The zero-order valence-corrected chi connectivity index (χ0v) is 10.1. The molecule has 1 rings (SSSR count). The largest absolute Gasteiger partial charge is 0.480 e. The van der Waals surface area contributed by atoms with Crippen molar-refractivity contribution in [1.29, 1.82) is 0 Å². The first-order valence-corrected chi connectivity index (χ1v) is 5.71. The molecule has 0 spiro atoms. The number of carboxylic acids is 1. The summed E-state index contributed by atoms with van der Waals surface area (Å²) in [6.07, 6.45) is 0.797. The third kappa shape index (κ3) is 4.72. The third-order valence-electron chi connectivity index (χ3n) is 2.54. The van der Waals surface area contributed by atoms with Crippen LogP contribution in [0.3, 0.4) is 0 Å². The monoisotopic (exact) mass is 258 g/mol. The van der Waals surface area contributed by atoms with Crippen LogP contribution >= 0.6 is 0 Å². The van der Waals surface area contributed by atoms with Gasteiger partial charge in [0.05, 0.1) is 13.2 Å². The molecular formula is C11H18N2O5. The molecule has 1 heterocycles. The molecule has 0 radical (unpaired) electrons. The van der Waals surface area contributed by atoms with Crippen molar-refractivity contribution < 1.29 is 24.2 Å². The van der Waals surface area contributed by atoms with Gasteiger partial charge in [0.2, 0.25) is 0 Å². The van der Waals surface area contributed by atoms with E-state index in [-0.39, 0.29) is 13.2 Å². The van der Waals surface area contributed by atoms with E-state index in [2.05, 4.69) is 11.9 Å². The number of carboxylic acid groups (broad SMARTS) is 1. The molecule has 18 heavy (non-hydrogen) atoms. The molecule has 1 fully saturated rings. The van der Waals surface area contributed by atoms with Crippen molar-refractivity contribution in [1.82, 2.24) is 10.2 Å². The van der Waals surface area contributed by atoms with Gasteiger partial charge in [0.25, 0.3) is 0 Å². The minimum atomic E-state index is -0.971. The third-order valence-corrected chi connectivity index (χ3v) is 2.54. The van der Waals surface area contributed by atoms with Crippen LogP contribution in [-0.2, 0) is 14.3 Å². The van der Waals surface area contributed by atoms with E-state index in [9.17, 15) is 9.59 Å². The SMILES string of the molecule is C=CCOC(=O)NCC(C(=O)O)N1CCOCC1. The van der Waals surface area contributed by atoms with Gasteiger partial charge in [-0.25, -0.2) is 4.79 Å². The molecule has 0 aromatic carbocycles. The van der Waals surface area contributed by atoms with E-state index < -0.39 is 18.1 Å². The van der Waals surface area contributed by atoms with Crippen LogP contribution in [0.4, 0.5) is 4.79 Å². The van der Waals surface area contributed by atoms with Gasteiger partial charge in [0, 0.05) is 19.6 Å². The van der Waals surface area contributed by atoms with E-state index in [0.29, 0.717) is 26.3 Å². The van der Waals surface area contributed by atoms with E-state index in [1.807, 2.05) is 0 Å². The van der Waals surface area contributed by atoms with Crippen LogP contribution in [0.15, 0.2) is 12.7 Å². The van der Waals surface area contributed by atoms with E-state index >= 15 is 0 Å². The zero-order chi connectivity index (χ0) is 13.4. The van der Waals surface area contributed by atoms with Gasteiger partial charge in [-0.15, -0.1) is 0 Å². The van der Waals surface area contributed by atoms with Gasteiger partial charge >= 0.3 is 12.1 Å². The Morgan fingerprint density at radius 3 is 2.72 bits per heavy atom. The van der Waals surface area contributed by atoms with Crippen molar-refractivity contribution >= 4 is 12.1 Å². The number of carbonyl (C=O) groups is 2. The van der Waals surface area contributed by atoms with Crippen molar-refractivity contribution in [3.05, 3.63) is 12.7 Å². The summed E-state index contributed by atoms with van der Waals surface area (Å²) >= 11 is 0. The van der Waals surface area contributed by atoms with E-state index in [1.54, 1.807) is 4.90 Å². The number of rotatable bonds is 6. The maximum atomic E-state index is 11.2. The number of nitrogens with one attached hydrogen (secondary N) is 1. The Bertz CT molecular complexity index is 302. The zero-order valence-electron chi connectivity index (χ0n) is 10.1. The highest BCUT2D eigenvalue weighted by molar-refractivity contribution is 5.75. The summed E-state index contributed by atoms with van der Waals surface area (Å²) in [5.41, 5.74) is 0. The standard InChI is InChI=1S/C11H18N2O5/c1-2-5-18-11(16)12-8-9(10(14)15)13-3-6-17-7-4-13/h2,9H,1,3-8H2,(H,12,16)(H,14,15). The molecule has 0 bridgehead atoms. The summed E-state index contributed by atoms with van der Waals surface area (Å²) in [4.78, 5) is 24.1. The van der Waals surface area contributed by atoms with Gasteiger partial charge in [0.15, 0.2) is 0 Å². The van der Waals surface area contributed by atoms with Crippen molar-refractivity contribution in [3.8, 4) is 0 Å². The lowest BCUT2D eigenvalue weighted by molar-refractivity contribution is -0.144. The van der Waals surface area contributed by atoms with Crippen molar-refractivity contribution in [2.45, 2.75) is 6.04 Å². The first kappa shape index (κ1) is 14.5. The first-order chi connectivity index (χ1) is 8.65. The van der Waals surface area contributed by atoms with Crippen molar-refractivity contribution in [3.63, 3.8) is 0 Å². The topological polar surface area (TPSA) is 88.1 Å². The lowest BCUT2D eigenvalue weighted by Crippen LogP contribution is -2.52. The van der Waals surface area contributed by atoms with Crippen LogP contribution in [0.1, 0.15) is 0 Å². The van der Waals surface area contributed by atoms with Crippen LogP contribution in [-0.4, -0.2) is 67.6 Å². The Morgan fingerprint density at radius 2 is 2.17 bits per heavy atom. The van der Waals surface area contributed by atoms with Crippen LogP contribution in [0, 0.1) is 0 Å². The lowest BCUT2D eigenvalue weighted by Gasteiger charge is -2.31. The number of aliphatic carboxylic acids is 1. The van der Waals surface area contributed by atoms with Gasteiger partial charge in [-0.05, 0) is 0 Å². The fourth-order valence-electron chi connectivity index (χ4n) is 1.63. The molecule has 0 saturated carbocycles. The minimum Gasteiger partial charge on any atom is -0.480 e. The number of hydrogen-bond donors (Lipinski definition) is 2. The van der Waals surface area contributed by atoms with Crippen molar-refractivity contribution in [2.24, 2.45) is 0 Å². The lowest BCUT2D eigenvalue weighted by atomic mass is 10.2. The molecule has 7 heteroatoms. The predicted molar refractivity (Wildman–Crippen MR) is 63.4 cm³/mol. The molecule has 1 atom stereocenters. The maximum Gasteiger partial charge on any atom is 0.407 e. The Kier molecular flexibility index (Phi) is 6.16. The van der Waals surface area contributed by atoms with Gasteiger partial charge < -0.3 is 19.9 Å². The molecule has 0 aliphatic carbocycles. The van der Waals surface area contributed by atoms with Gasteiger partial charge in [0.1, 0.15) is 12.6 Å². The highest BCUT2D eigenvalue weighted by Gasteiger charge is 2.27. The summed E-state index contributed by atoms with van der Waals surface area (Å²) in [5, 5.41) is 11.5. The summed E-state index contributed by atoms with van der Waals surface area (Å²) in [6.45, 7) is 5.61. The highest BCUT2D eigenvalue weighted by atomic mass is 16.5. The van der Waals surface area contributed by atoms with Crippen LogP contribution < -0.4 is 5.32 Å². The molecular weight excluding hydrogens is 240 g/mol. The Hall–Kier alpha value is -1.60. The molecule has 1 amide bonds. The Labute approximate surface area is 105 Å². The smallest absolute Gasteiger partial charge is 0.407 e. The Morgan fingerprint density at radius 1 is 1.50 bits per heavy atom. The number of hydrogen-bond acceptors (Lipinski definition) is 5. The highest BCUT2D eigenvalue weighted by Crippen LogP contribution is 2.03. The fraction of sp³-hybridized carbons (Fsp3) is 0.636. The molecule has 7 nitrogen and oxygen atoms in total. The molecule has 1 aliphatic rings. The van der Waals surface area contributed by atoms with Crippen LogP contribution in [0.25, 0.3) is 0 Å². The quantitative estimate of drug-likeness (QED) is 0.635. The number of nitrogens with zero attached hydrogens (tertiary/aromatic N) is 1. The average Bonchev–Trinajstić information content (AvgIpc) is 2.37. The van der Waals surface area contributed by atoms with Gasteiger partial charge in [-0.2, -0.15) is 0 Å². The predicted octanol–water partition coefficient (Wildman–Crippen LogP) is -0.316. The molecule has 0 aromatic heterocycles. The van der Waals surface area contributed by atoms with E-state index in [4.69, 9.17) is 14.6 Å². The number of carbonyl (C=O) groups excluding carboxylic acids is 1.